The molecule has 28 heavy (non-hydrogen) atoms. The summed E-state index contributed by atoms with van der Waals surface area (Å²) in [6.45, 7) is 4.31. The van der Waals surface area contributed by atoms with Gasteiger partial charge in [0.2, 0.25) is 5.91 Å². The van der Waals surface area contributed by atoms with Crippen LogP contribution in [0.15, 0.2) is 54.0 Å². The van der Waals surface area contributed by atoms with Gasteiger partial charge >= 0.3 is 0 Å². The highest BCUT2D eigenvalue weighted by Gasteiger charge is 2.08. The second kappa shape index (κ2) is 9.14. The molecule has 0 aliphatic carbocycles. The first-order valence-corrected chi connectivity index (χ1v) is 9.69. The van der Waals surface area contributed by atoms with Gasteiger partial charge in [0.05, 0.1) is 13.0 Å². The van der Waals surface area contributed by atoms with Gasteiger partial charge in [0, 0.05) is 22.8 Å². The Kier molecular flexibility index (Phi) is 6.39. The van der Waals surface area contributed by atoms with E-state index in [4.69, 9.17) is 4.74 Å². The van der Waals surface area contributed by atoms with Gasteiger partial charge in [0.25, 0.3) is 5.91 Å². The third-order valence-electron chi connectivity index (χ3n) is 3.88. The van der Waals surface area contributed by atoms with Gasteiger partial charge in [0.15, 0.2) is 5.13 Å². The van der Waals surface area contributed by atoms with Crippen LogP contribution in [-0.4, -0.2) is 23.4 Å². The molecule has 0 saturated heterocycles. The Balaban J connectivity index is 1.46. The zero-order valence-electron chi connectivity index (χ0n) is 15.7. The molecular weight excluding hydrogens is 374 g/mol. The van der Waals surface area contributed by atoms with Crippen LogP contribution in [0.4, 0.5) is 10.8 Å². The van der Waals surface area contributed by atoms with E-state index in [-0.39, 0.29) is 18.2 Å². The van der Waals surface area contributed by atoms with Crippen molar-refractivity contribution < 1.29 is 14.3 Å². The Morgan fingerprint density at radius 1 is 1.04 bits per heavy atom. The molecule has 144 valence electrons. The van der Waals surface area contributed by atoms with Gasteiger partial charge in [-0.15, -0.1) is 11.3 Å². The lowest BCUT2D eigenvalue weighted by Gasteiger charge is -2.09. The van der Waals surface area contributed by atoms with Gasteiger partial charge in [-0.25, -0.2) is 4.98 Å². The largest absolute Gasteiger partial charge is 0.493 e. The number of hydrogen-bond acceptors (Lipinski definition) is 5. The fourth-order valence-corrected chi connectivity index (χ4v) is 3.18. The molecule has 0 aliphatic heterocycles. The van der Waals surface area contributed by atoms with Crippen molar-refractivity contribution >= 4 is 34.0 Å². The summed E-state index contributed by atoms with van der Waals surface area (Å²) in [6.07, 6.45) is 1.86. The SMILES string of the molecule is Cc1cc(C)cc(OCCC(=O)Nc2ccc(C(=O)Nc3nccs3)cc2)c1. The number of amides is 2. The normalized spacial score (nSPS) is 10.4. The summed E-state index contributed by atoms with van der Waals surface area (Å²) in [6, 6.07) is 12.7. The van der Waals surface area contributed by atoms with E-state index in [0.29, 0.717) is 23.0 Å². The number of rotatable bonds is 7. The topological polar surface area (TPSA) is 80.3 Å². The second-order valence-electron chi connectivity index (χ2n) is 6.34. The molecule has 0 aliphatic rings. The highest BCUT2D eigenvalue weighted by atomic mass is 32.1. The summed E-state index contributed by atoms with van der Waals surface area (Å²) in [7, 11) is 0. The van der Waals surface area contributed by atoms with E-state index in [0.717, 1.165) is 16.9 Å². The van der Waals surface area contributed by atoms with Gasteiger partial charge < -0.3 is 10.1 Å². The number of nitrogens with zero attached hydrogens (tertiary/aromatic N) is 1. The number of thiazole rings is 1. The lowest BCUT2D eigenvalue weighted by molar-refractivity contribution is -0.116. The highest BCUT2D eigenvalue weighted by molar-refractivity contribution is 7.13. The summed E-state index contributed by atoms with van der Waals surface area (Å²) >= 11 is 1.35. The molecule has 0 fully saturated rings. The zero-order chi connectivity index (χ0) is 19.9. The van der Waals surface area contributed by atoms with Crippen LogP contribution in [0.1, 0.15) is 27.9 Å². The maximum Gasteiger partial charge on any atom is 0.257 e. The number of ether oxygens (including phenoxy) is 1. The van der Waals surface area contributed by atoms with E-state index in [9.17, 15) is 9.59 Å². The number of nitrogens with one attached hydrogen (secondary N) is 2. The maximum atomic E-state index is 12.1. The Morgan fingerprint density at radius 3 is 2.39 bits per heavy atom. The van der Waals surface area contributed by atoms with Crippen LogP contribution in [0.25, 0.3) is 0 Å². The molecule has 0 atom stereocenters. The monoisotopic (exact) mass is 395 g/mol. The minimum Gasteiger partial charge on any atom is -0.493 e. The number of hydrogen-bond donors (Lipinski definition) is 2. The lowest BCUT2D eigenvalue weighted by atomic mass is 10.1. The zero-order valence-corrected chi connectivity index (χ0v) is 16.5. The summed E-state index contributed by atoms with van der Waals surface area (Å²) in [5.74, 6) is 0.375. The smallest absolute Gasteiger partial charge is 0.257 e. The molecule has 0 unspecified atom stereocenters. The Morgan fingerprint density at radius 2 is 1.75 bits per heavy atom. The van der Waals surface area contributed by atoms with E-state index < -0.39 is 0 Å². The Labute approximate surface area is 167 Å². The molecule has 0 bridgehead atoms. The molecule has 7 heteroatoms. The molecule has 0 spiro atoms. The molecule has 2 amide bonds. The molecule has 6 nitrogen and oxygen atoms in total. The quantitative estimate of drug-likeness (QED) is 0.621. The third kappa shape index (κ3) is 5.65. The molecule has 3 rings (SSSR count). The van der Waals surface area contributed by atoms with Crippen LogP contribution in [0.3, 0.4) is 0 Å². The van der Waals surface area contributed by atoms with Crippen molar-refractivity contribution in [2.45, 2.75) is 20.3 Å². The average Bonchev–Trinajstić information content (AvgIpc) is 3.14. The lowest BCUT2D eigenvalue weighted by Crippen LogP contribution is -2.16. The van der Waals surface area contributed by atoms with Crippen LogP contribution < -0.4 is 15.4 Å². The summed E-state index contributed by atoms with van der Waals surface area (Å²) < 4.78 is 5.66. The first kappa shape index (κ1) is 19.6. The van der Waals surface area contributed by atoms with Crippen molar-refractivity contribution in [3.8, 4) is 5.75 Å². The van der Waals surface area contributed by atoms with E-state index >= 15 is 0 Å². The average molecular weight is 395 g/mol. The van der Waals surface area contributed by atoms with Crippen molar-refractivity contribution in [2.75, 3.05) is 17.2 Å². The van der Waals surface area contributed by atoms with Crippen LogP contribution in [-0.2, 0) is 4.79 Å². The number of benzene rings is 2. The van der Waals surface area contributed by atoms with Gasteiger partial charge in [-0.1, -0.05) is 6.07 Å². The highest BCUT2D eigenvalue weighted by Crippen LogP contribution is 2.17. The van der Waals surface area contributed by atoms with Crippen molar-refractivity contribution in [1.82, 2.24) is 4.98 Å². The van der Waals surface area contributed by atoms with Crippen LogP contribution in [0, 0.1) is 13.8 Å². The van der Waals surface area contributed by atoms with Gasteiger partial charge in [-0.2, -0.15) is 0 Å². The number of carbonyl (C=O) groups is 2. The minimum atomic E-state index is -0.241. The fraction of sp³-hybridized carbons (Fsp3) is 0.190. The molecular formula is C21H21N3O3S. The van der Waals surface area contributed by atoms with E-state index in [1.807, 2.05) is 26.0 Å². The predicted octanol–water partition coefficient (Wildman–Crippen LogP) is 4.42. The first-order chi connectivity index (χ1) is 13.5. The third-order valence-corrected chi connectivity index (χ3v) is 4.57. The minimum absolute atomic E-state index is 0.149. The van der Waals surface area contributed by atoms with E-state index in [1.54, 1.807) is 35.8 Å². The standard InChI is InChI=1S/C21H21N3O3S/c1-14-11-15(2)13-18(12-14)27-9-7-19(25)23-17-5-3-16(4-6-17)20(26)24-21-22-8-10-28-21/h3-6,8,10-13H,7,9H2,1-2H3,(H,23,25)(H,22,24,26). The maximum absolute atomic E-state index is 12.1. The number of anilines is 2. The molecule has 3 aromatic rings. The molecule has 1 aromatic heterocycles. The van der Waals surface area contributed by atoms with Crippen molar-refractivity contribution in [3.63, 3.8) is 0 Å². The van der Waals surface area contributed by atoms with Gasteiger partial charge in [-0.05, 0) is 61.4 Å². The summed E-state index contributed by atoms with van der Waals surface area (Å²) in [5.41, 5.74) is 3.37. The summed E-state index contributed by atoms with van der Waals surface area (Å²) in [4.78, 5) is 28.2. The van der Waals surface area contributed by atoms with Gasteiger partial charge in [0.1, 0.15) is 5.75 Å². The molecule has 2 aromatic carbocycles. The molecule has 0 saturated carbocycles. The van der Waals surface area contributed by atoms with Crippen LogP contribution in [0.2, 0.25) is 0 Å². The van der Waals surface area contributed by atoms with Crippen molar-refractivity contribution in [3.05, 3.63) is 70.7 Å². The molecule has 1 heterocycles. The first-order valence-electron chi connectivity index (χ1n) is 8.81. The Hall–Kier alpha value is -3.19. The molecule has 0 radical (unpaired) electrons. The second-order valence-corrected chi connectivity index (χ2v) is 7.23. The predicted molar refractivity (Wildman–Crippen MR) is 111 cm³/mol. The number of carbonyl (C=O) groups excluding carboxylic acids is 2. The number of aromatic nitrogens is 1. The van der Waals surface area contributed by atoms with Gasteiger partial charge in [-0.3, -0.25) is 14.9 Å². The fourth-order valence-electron chi connectivity index (χ4n) is 2.66. The number of aryl methyl sites for hydroxylation is 2. The van der Waals surface area contributed by atoms with Crippen LogP contribution >= 0.6 is 11.3 Å². The van der Waals surface area contributed by atoms with Crippen molar-refractivity contribution in [2.24, 2.45) is 0 Å². The molecule has 2 N–H and O–H groups in total. The van der Waals surface area contributed by atoms with E-state index in [2.05, 4.69) is 21.7 Å². The van der Waals surface area contributed by atoms with Crippen molar-refractivity contribution in [1.29, 1.82) is 0 Å². The summed E-state index contributed by atoms with van der Waals surface area (Å²) in [5, 5.41) is 7.85. The Bertz CT molecular complexity index is 933. The van der Waals surface area contributed by atoms with E-state index in [1.165, 1.54) is 11.3 Å². The van der Waals surface area contributed by atoms with Crippen LogP contribution in [0.5, 0.6) is 5.75 Å².